The van der Waals surface area contributed by atoms with E-state index in [-0.39, 0.29) is 16.9 Å². The molecular formula is C17H23NO6S. The number of hydrogen-bond acceptors (Lipinski definition) is 5. The van der Waals surface area contributed by atoms with E-state index in [1.807, 2.05) is 0 Å². The Hall–Kier alpha value is -1.93. The maximum Gasteiger partial charge on any atom is 0.305 e. The van der Waals surface area contributed by atoms with Crippen molar-refractivity contribution in [1.29, 1.82) is 0 Å². The van der Waals surface area contributed by atoms with Crippen molar-refractivity contribution in [3.63, 3.8) is 0 Å². The largest absolute Gasteiger partial charge is 0.481 e. The molecule has 0 bridgehead atoms. The van der Waals surface area contributed by atoms with E-state index in [1.165, 1.54) is 12.1 Å². The zero-order chi connectivity index (χ0) is 18.8. The van der Waals surface area contributed by atoms with Crippen LogP contribution in [-0.4, -0.2) is 50.4 Å². The van der Waals surface area contributed by atoms with E-state index in [0.29, 0.717) is 37.2 Å². The minimum atomic E-state index is -3.46. The van der Waals surface area contributed by atoms with Gasteiger partial charge >= 0.3 is 5.97 Å². The molecule has 1 aromatic carbocycles. The molecule has 7 nitrogen and oxygen atoms in total. The number of ether oxygens (including phenoxy) is 1. The molecule has 1 heterocycles. The van der Waals surface area contributed by atoms with Gasteiger partial charge in [0.2, 0.25) is 0 Å². The summed E-state index contributed by atoms with van der Waals surface area (Å²) in [6.45, 7) is 4.22. The Kier molecular flexibility index (Phi) is 5.53. The average molecular weight is 369 g/mol. The number of aliphatic carboxylic acids is 1. The lowest BCUT2D eigenvalue weighted by atomic mass is 9.86. The number of carbonyl (C=O) groups is 2. The summed E-state index contributed by atoms with van der Waals surface area (Å²) in [6.07, 6.45) is 1.68. The fourth-order valence-electron chi connectivity index (χ4n) is 2.98. The third kappa shape index (κ3) is 4.58. The summed E-state index contributed by atoms with van der Waals surface area (Å²) < 4.78 is 29.0. The molecular weight excluding hydrogens is 346 g/mol. The van der Waals surface area contributed by atoms with Crippen LogP contribution in [0.4, 0.5) is 0 Å². The normalized spacial score (nSPS) is 17.1. The van der Waals surface area contributed by atoms with E-state index < -0.39 is 27.3 Å². The van der Waals surface area contributed by atoms with Gasteiger partial charge in [-0.25, -0.2) is 8.42 Å². The second-order valence-electron chi connectivity index (χ2n) is 6.60. The first-order valence-electron chi connectivity index (χ1n) is 7.97. The molecule has 0 aromatic heterocycles. The number of carbonyl (C=O) groups excluding carboxylic acids is 1. The fraction of sp³-hybridized carbons (Fsp3) is 0.529. The van der Waals surface area contributed by atoms with E-state index in [2.05, 4.69) is 5.32 Å². The molecule has 8 heteroatoms. The minimum absolute atomic E-state index is 0.0695. The van der Waals surface area contributed by atoms with Gasteiger partial charge in [-0.1, -0.05) is 0 Å². The molecule has 1 aliphatic rings. The molecule has 1 saturated heterocycles. The molecule has 0 saturated carbocycles. The highest BCUT2D eigenvalue weighted by Gasteiger charge is 2.37. The summed E-state index contributed by atoms with van der Waals surface area (Å²) in [5.74, 6) is -1.46. The summed E-state index contributed by atoms with van der Waals surface area (Å²) in [4.78, 5) is 24.1. The van der Waals surface area contributed by atoms with Crippen molar-refractivity contribution in [2.75, 3.05) is 19.5 Å². The Morgan fingerprint density at radius 2 is 1.84 bits per heavy atom. The number of hydrogen-bond donors (Lipinski definition) is 2. The summed E-state index contributed by atoms with van der Waals surface area (Å²) in [5, 5.41) is 12.0. The lowest BCUT2D eigenvalue weighted by Gasteiger charge is -2.37. The van der Waals surface area contributed by atoms with E-state index >= 15 is 0 Å². The quantitative estimate of drug-likeness (QED) is 0.813. The number of nitrogens with one attached hydrogen (secondary N) is 1. The highest BCUT2D eigenvalue weighted by Crippen LogP contribution is 2.27. The van der Waals surface area contributed by atoms with Crippen LogP contribution in [0, 0.1) is 13.8 Å². The Balaban J connectivity index is 2.39. The van der Waals surface area contributed by atoms with Crippen LogP contribution in [0.5, 0.6) is 0 Å². The lowest BCUT2D eigenvalue weighted by Crippen LogP contribution is -2.53. The topological polar surface area (TPSA) is 110 Å². The van der Waals surface area contributed by atoms with Crippen molar-refractivity contribution >= 4 is 21.7 Å². The molecule has 0 aliphatic carbocycles. The monoisotopic (exact) mass is 369 g/mol. The molecule has 2 N–H and O–H groups in total. The smallest absolute Gasteiger partial charge is 0.305 e. The van der Waals surface area contributed by atoms with Gasteiger partial charge in [0, 0.05) is 25.0 Å². The highest BCUT2D eigenvalue weighted by molar-refractivity contribution is 7.90. The van der Waals surface area contributed by atoms with Gasteiger partial charge in [0.1, 0.15) is 0 Å². The van der Waals surface area contributed by atoms with Crippen LogP contribution in [-0.2, 0) is 19.4 Å². The molecule has 0 unspecified atom stereocenters. The first kappa shape index (κ1) is 19.4. The van der Waals surface area contributed by atoms with Crippen LogP contribution < -0.4 is 5.32 Å². The number of benzene rings is 1. The van der Waals surface area contributed by atoms with Crippen molar-refractivity contribution in [1.82, 2.24) is 5.32 Å². The van der Waals surface area contributed by atoms with Crippen LogP contribution in [0.2, 0.25) is 0 Å². The number of rotatable bonds is 5. The Labute approximate surface area is 147 Å². The van der Waals surface area contributed by atoms with Crippen LogP contribution >= 0.6 is 0 Å². The predicted molar refractivity (Wildman–Crippen MR) is 91.5 cm³/mol. The highest BCUT2D eigenvalue weighted by atomic mass is 32.2. The summed E-state index contributed by atoms with van der Waals surface area (Å²) in [6, 6.07) is 2.88. The summed E-state index contributed by atoms with van der Waals surface area (Å²) >= 11 is 0. The molecule has 1 aromatic rings. The van der Waals surface area contributed by atoms with Crippen molar-refractivity contribution in [2.45, 2.75) is 43.5 Å². The molecule has 1 amide bonds. The van der Waals surface area contributed by atoms with E-state index in [9.17, 15) is 23.1 Å². The summed E-state index contributed by atoms with van der Waals surface area (Å²) in [5.41, 5.74) is 0.717. The van der Waals surface area contributed by atoms with Gasteiger partial charge in [0.15, 0.2) is 9.84 Å². The fourth-order valence-corrected chi connectivity index (χ4v) is 3.70. The molecule has 1 aliphatic heterocycles. The number of aryl methyl sites for hydroxylation is 1. The summed E-state index contributed by atoms with van der Waals surface area (Å²) in [7, 11) is -3.46. The van der Waals surface area contributed by atoms with Gasteiger partial charge in [-0.2, -0.15) is 0 Å². The third-order valence-corrected chi connectivity index (χ3v) is 5.72. The predicted octanol–water partition coefficient (Wildman–Crippen LogP) is 1.46. The first-order chi connectivity index (χ1) is 11.5. The van der Waals surface area contributed by atoms with Crippen molar-refractivity contribution in [3.05, 3.63) is 28.8 Å². The molecule has 0 spiro atoms. The van der Waals surface area contributed by atoms with E-state index in [0.717, 1.165) is 6.26 Å². The SMILES string of the molecule is Cc1cc(S(C)(=O)=O)cc(C(=O)NC2(CC(=O)O)CCOCC2)c1C. The molecule has 0 atom stereocenters. The zero-order valence-corrected chi connectivity index (χ0v) is 15.4. The van der Waals surface area contributed by atoms with Gasteiger partial charge in [-0.3, -0.25) is 9.59 Å². The van der Waals surface area contributed by atoms with Crippen LogP contribution in [0.1, 0.15) is 40.7 Å². The van der Waals surface area contributed by atoms with Crippen LogP contribution in [0.15, 0.2) is 17.0 Å². The molecule has 0 radical (unpaired) electrons. The molecule has 2 rings (SSSR count). The number of amides is 1. The van der Waals surface area contributed by atoms with Gasteiger partial charge in [0.05, 0.1) is 16.9 Å². The van der Waals surface area contributed by atoms with Crippen LogP contribution in [0.25, 0.3) is 0 Å². The van der Waals surface area contributed by atoms with Crippen molar-refractivity contribution in [2.24, 2.45) is 0 Å². The van der Waals surface area contributed by atoms with Gasteiger partial charge in [-0.15, -0.1) is 0 Å². The van der Waals surface area contributed by atoms with E-state index in [1.54, 1.807) is 13.8 Å². The van der Waals surface area contributed by atoms with Gasteiger partial charge in [-0.05, 0) is 49.9 Å². The van der Waals surface area contributed by atoms with Crippen molar-refractivity contribution < 1.29 is 27.9 Å². The third-order valence-electron chi connectivity index (χ3n) is 4.63. The zero-order valence-electron chi connectivity index (χ0n) is 14.6. The average Bonchev–Trinajstić information content (AvgIpc) is 2.48. The van der Waals surface area contributed by atoms with E-state index in [4.69, 9.17) is 4.74 Å². The van der Waals surface area contributed by atoms with Crippen LogP contribution in [0.3, 0.4) is 0 Å². The Morgan fingerprint density at radius 1 is 1.24 bits per heavy atom. The maximum absolute atomic E-state index is 12.8. The maximum atomic E-state index is 12.8. The number of carboxylic acids is 1. The standard InChI is InChI=1S/C17H23NO6S/c1-11-8-13(25(3,22)23)9-14(12(11)2)16(21)18-17(10-15(19)20)4-6-24-7-5-17/h8-9H,4-7,10H2,1-3H3,(H,18,21)(H,19,20). The molecule has 138 valence electrons. The van der Waals surface area contributed by atoms with Gasteiger partial charge < -0.3 is 15.2 Å². The lowest BCUT2D eigenvalue weighted by molar-refractivity contribution is -0.139. The number of sulfone groups is 1. The van der Waals surface area contributed by atoms with Crippen molar-refractivity contribution in [3.8, 4) is 0 Å². The minimum Gasteiger partial charge on any atom is -0.481 e. The van der Waals surface area contributed by atoms with Gasteiger partial charge in [0.25, 0.3) is 5.91 Å². The number of carboxylic acid groups (broad SMARTS) is 1. The second kappa shape index (κ2) is 7.13. The Morgan fingerprint density at radius 3 is 2.36 bits per heavy atom. The first-order valence-corrected chi connectivity index (χ1v) is 9.87. The Bertz CT molecular complexity index is 794. The molecule has 1 fully saturated rings. The second-order valence-corrected chi connectivity index (χ2v) is 8.62. The molecule has 25 heavy (non-hydrogen) atoms.